The van der Waals surface area contributed by atoms with Gasteiger partial charge in [0.05, 0.1) is 17.5 Å². The van der Waals surface area contributed by atoms with Gasteiger partial charge in [-0.05, 0) is 43.5 Å². The van der Waals surface area contributed by atoms with Gasteiger partial charge in [0.2, 0.25) is 0 Å². The highest BCUT2D eigenvalue weighted by molar-refractivity contribution is 5.97. The van der Waals surface area contributed by atoms with Gasteiger partial charge in [-0.3, -0.25) is 9.59 Å². The largest absolute Gasteiger partial charge is 0.358 e. The molecule has 1 fully saturated rings. The molecule has 140 valence electrons. The van der Waals surface area contributed by atoms with Crippen LogP contribution in [0.5, 0.6) is 0 Å². The third kappa shape index (κ3) is 3.29. The van der Waals surface area contributed by atoms with Gasteiger partial charge in [0.15, 0.2) is 5.43 Å². The Kier molecular flexibility index (Phi) is 4.70. The molecule has 0 radical (unpaired) electrons. The second kappa shape index (κ2) is 7.32. The van der Waals surface area contributed by atoms with Crippen LogP contribution in [0.4, 0.5) is 0 Å². The molecule has 0 bridgehead atoms. The summed E-state index contributed by atoms with van der Waals surface area (Å²) in [5.74, 6) is -0.110. The number of amides is 1. The zero-order chi connectivity index (χ0) is 19.7. The number of rotatable bonds is 2. The van der Waals surface area contributed by atoms with Crippen molar-refractivity contribution in [2.24, 2.45) is 5.92 Å². The van der Waals surface area contributed by atoms with E-state index in [4.69, 9.17) is 5.26 Å². The number of aryl methyl sites for hydroxylation is 1. The molecule has 1 N–H and O–H groups in total. The van der Waals surface area contributed by atoms with Crippen LogP contribution in [0.3, 0.4) is 0 Å². The molecular weight excluding hydrogens is 350 g/mol. The fraction of sp³-hybridized carbons (Fsp3) is 0.261. The summed E-state index contributed by atoms with van der Waals surface area (Å²) in [6.07, 6.45) is 1.72. The second-order valence-corrected chi connectivity index (χ2v) is 7.34. The van der Waals surface area contributed by atoms with Crippen molar-refractivity contribution in [3.05, 3.63) is 70.0 Å². The fourth-order valence-electron chi connectivity index (χ4n) is 3.88. The van der Waals surface area contributed by atoms with Crippen molar-refractivity contribution in [3.8, 4) is 17.2 Å². The van der Waals surface area contributed by atoms with E-state index < -0.39 is 0 Å². The van der Waals surface area contributed by atoms with Gasteiger partial charge in [-0.25, -0.2) is 0 Å². The summed E-state index contributed by atoms with van der Waals surface area (Å²) in [6.45, 7) is 3.07. The first-order valence-electron chi connectivity index (χ1n) is 9.49. The predicted molar refractivity (Wildman–Crippen MR) is 109 cm³/mol. The van der Waals surface area contributed by atoms with E-state index in [1.807, 2.05) is 49.4 Å². The lowest BCUT2D eigenvalue weighted by Crippen LogP contribution is -2.39. The van der Waals surface area contributed by atoms with E-state index in [-0.39, 0.29) is 17.3 Å². The normalized spacial score (nSPS) is 16.7. The van der Waals surface area contributed by atoms with Crippen LogP contribution in [0.1, 0.15) is 28.9 Å². The molecule has 1 amide bonds. The molecule has 1 aliphatic rings. The highest BCUT2D eigenvalue weighted by atomic mass is 16.2. The van der Waals surface area contributed by atoms with Crippen LogP contribution < -0.4 is 5.43 Å². The molecule has 3 aromatic rings. The second-order valence-electron chi connectivity index (χ2n) is 7.34. The highest BCUT2D eigenvalue weighted by Crippen LogP contribution is 2.27. The molecule has 0 unspecified atom stereocenters. The number of carbonyl (C=O) groups excluding carboxylic acids is 1. The number of benzene rings is 2. The van der Waals surface area contributed by atoms with Gasteiger partial charge in [0, 0.05) is 41.4 Å². The molecule has 0 spiro atoms. The Morgan fingerprint density at radius 1 is 1.21 bits per heavy atom. The van der Waals surface area contributed by atoms with Crippen LogP contribution >= 0.6 is 0 Å². The molecule has 0 saturated carbocycles. The lowest BCUT2D eigenvalue weighted by Gasteiger charge is -2.29. The number of nitrogens with zero attached hydrogens (tertiary/aromatic N) is 2. The van der Waals surface area contributed by atoms with Gasteiger partial charge >= 0.3 is 0 Å². The number of aromatic nitrogens is 1. The molecule has 1 aromatic heterocycles. The Bertz CT molecular complexity index is 1140. The number of carbonyl (C=O) groups is 1. The van der Waals surface area contributed by atoms with E-state index in [9.17, 15) is 9.59 Å². The van der Waals surface area contributed by atoms with Crippen LogP contribution in [-0.4, -0.2) is 28.9 Å². The maximum atomic E-state index is 12.8. The van der Waals surface area contributed by atoms with Crippen LogP contribution in [0.15, 0.2) is 53.3 Å². The van der Waals surface area contributed by atoms with Crippen molar-refractivity contribution >= 4 is 16.8 Å². The lowest BCUT2D eigenvalue weighted by molar-refractivity contribution is 0.0699. The first-order valence-corrected chi connectivity index (χ1v) is 9.49. The topological polar surface area (TPSA) is 77.0 Å². The number of hydrogen-bond donors (Lipinski definition) is 1. The fourth-order valence-corrected chi connectivity index (χ4v) is 3.88. The van der Waals surface area contributed by atoms with Gasteiger partial charge in [-0.1, -0.05) is 24.3 Å². The molecule has 1 aliphatic heterocycles. The number of para-hydroxylation sites is 1. The highest BCUT2D eigenvalue weighted by Gasteiger charge is 2.24. The van der Waals surface area contributed by atoms with Crippen molar-refractivity contribution in [1.29, 1.82) is 5.26 Å². The van der Waals surface area contributed by atoms with Gasteiger partial charge in [0.1, 0.15) is 0 Å². The first-order chi connectivity index (χ1) is 13.6. The number of hydrogen-bond acceptors (Lipinski definition) is 3. The third-order valence-electron chi connectivity index (χ3n) is 5.33. The standard InChI is InChI=1S/C23H21N3O2/c1-15-12-21(27)20-6-2-5-19(22(20)25-15)17-7-9-18(10-8-17)23(28)26-11-3-4-16(13-24)14-26/h2,5-10,12,16H,3-4,11,14H2,1H3,(H,25,27)/t16-/m0/s1. The summed E-state index contributed by atoms with van der Waals surface area (Å²) < 4.78 is 0. The van der Waals surface area contributed by atoms with E-state index >= 15 is 0 Å². The van der Waals surface area contributed by atoms with Crippen LogP contribution in [0.25, 0.3) is 22.0 Å². The summed E-state index contributed by atoms with van der Waals surface area (Å²) in [5, 5.41) is 9.79. The quantitative estimate of drug-likeness (QED) is 0.743. The van der Waals surface area contributed by atoms with Gasteiger partial charge in [-0.15, -0.1) is 0 Å². The van der Waals surface area contributed by atoms with E-state index in [0.29, 0.717) is 24.0 Å². The summed E-state index contributed by atoms with van der Waals surface area (Å²) in [6, 6.07) is 17.0. The Balaban J connectivity index is 1.66. The Hall–Kier alpha value is -3.39. The molecule has 5 nitrogen and oxygen atoms in total. The first kappa shape index (κ1) is 18.0. The number of pyridine rings is 1. The molecule has 28 heavy (non-hydrogen) atoms. The maximum absolute atomic E-state index is 12.8. The van der Waals surface area contributed by atoms with Crippen LogP contribution in [0.2, 0.25) is 0 Å². The number of likely N-dealkylation sites (tertiary alicyclic amines) is 1. The van der Waals surface area contributed by atoms with Crippen LogP contribution in [-0.2, 0) is 0 Å². The average Bonchev–Trinajstić information content (AvgIpc) is 2.73. The molecule has 5 heteroatoms. The van der Waals surface area contributed by atoms with Gasteiger partial charge in [-0.2, -0.15) is 5.26 Å². The number of piperidine rings is 1. The summed E-state index contributed by atoms with van der Waals surface area (Å²) in [7, 11) is 0. The molecular formula is C23H21N3O2. The van der Waals surface area contributed by atoms with Crippen molar-refractivity contribution in [2.75, 3.05) is 13.1 Å². The van der Waals surface area contributed by atoms with Crippen LogP contribution in [0, 0.1) is 24.2 Å². The van der Waals surface area contributed by atoms with Crippen molar-refractivity contribution < 1.29 is 4.79 Å². The van der Waals surface area contributed by atoms with Crippen molar-refractivity contribution in [2.45, 2.75) is 19.8 Å². The minimum absolute atomic E-state index is 0.00274. The average molecular weight is 371 g/mol. The van der Waals surface area contributed by atoms with E-state index in [2.05, 4.69) is 11.1 Å². The summed E-state index contributed by atoms with van der Waals surface area (Å²) in [4.78, 5) is 30.1. The zero-order valence-corrected chi connectivity index (χ0v) is 15.7. The van der Waals surface area contributed by atoms with Gasteiger partial charge in [0.25, 0.3) is 5.91 Å². The summed E-state index contributed by atoms with van der Waals surface area (Å²) >= 11 is 0. The molecule has 1 atom stereocenters. The Morgan fingerprint density at radius 3 is 2.75 bits per heavy atom. The number of fused-ring (bicyclic) bond motifs is 1. The predicted octanol–water partition coefficient (Wildman–Crippen LogP) is 3.88. The third-order valence-corrected chi connectivity index (χ3v) is 5.33. The molecule has 2 heterocycles. The van der Waals surface area contributed by atoms with E-state index in [0.717, 1.165) is 35.2 Å². The summed E-state index contributed by atoms with van der Waals surface area (Å²) in [5.41, 5.74) is 4.11. The van der Waals surface area contributed by atoms with Crippen molar-refractivity contribution in [1.82, 2.24) is 9.88 Å². The number of nitriles is 1. The van der Waals surface area contributed by atoms with E-state index in [1.54, 1.807) is 11.0 Å². The molecule has 2 aromatic carbocycles. The lowest BCUT2D eigenvalue weighted by atomic mass is 9.98. The smallest absolute Gasteiger partial charge is 0.253 e. The van der Waals surface area contributed by atoms with Gasteiger partial charge < -0.3 is 9.88 Å². The Labute approximate surface area is 163 Å². The number of H-pyrrole nitrogens is 1. The number of aromatic amines is 1. The molecule has 4 rings (SSSR count). The SMILES string of the molecule is Cc1cc(=O)c2cccc(-c3ccc(C(=O)N4CCC[C@@H](C#N)C4)cc3)c2[nH]1. The Morgan fingerprint density at radius 2 is 2.00 bits per heavy atom. The number of nitrogens with one attached hydrogen (secondary N) is 1. The zero-order valence-electron chi connectivity index (χ0n) is 15.7. The molecule has 0 aliphatic carbocycles. The minimum atomic E-state index is -0.0762. The van der Waals surface area contributed by atoms with Crippen molar-refractivity contribution in [3.63, 3.8) is 0 Å². The monoisotopic (exact) mass is 371 g/mol. The molecule has 1 saturated heterocycles. The maximum Gasteiger partial charge on any atom is 0.253 e. The van der Waals surface area contributed by atoms with E-state index in [1.165, 1.54) is 0 Å². The minimum Gasteiger partial charge on any atom is -0.358 e.